The molecular formula is C12H13F2N5O. The van der Waals surface area contributed by atoms with Crippen LogP contribution >= 0.6 is 0 Å². The van der Waals surface area contributed by atoms with E-state index in [9.17, 15) is 8.78 Å². The number of hydrogen-bond donors (Lipinski definition) is 2. The summed E-state index contributed by atoms with van der Waals surface area (Å²) in [6.45, 7) is 1.04. The van der Waals surface area contributed by atoms with Crippen LogP contribution < -0.4 is 10.6 Å². The first-order valence-electron chi connectivity index (χ1n) is 5.83. The van der Waals surface area contributed by atoms with E-state index < -0.39 is 11.6 Å². The molecule has 2 N–H and O–H groups in total. The van der Waals surface area contributed by atoms with E-state index in [-0.39, 0.29) is 0 Å². The maximum atomic E-state index is 13.1. The Bertz CT molecular complexity index is 582. The number of nitrogens with zero attached hydrogens (tertiary/aromatic N) is 3. The van der Waals surface area contributed by atoms with Gasteiger partial charge in [-0.25, -0.2) is 8.78 Å². The molecule has 0 saturated carbocycles. The van der Waals surface area contributed by atoms with Crippen LogP contribution in [0.15, 0.2) is 24.4 Å². The van der Waals surface area contributed by atoms with Gasteiger partial charge in [0.1, 0.15) is 0 Å². The highest BCUT2D eigenvalue weighted by Crippen LogP contribution is 2.17. The van der Waals surface area contributed by atoms with Crippen molar-refractivity contribution >= 4 is 17.5 Å². The quantitative estimate of drug-likeness (QED) is 0.789. The van der Waals surface area contributed by atoms with Gasteiger partial charge in [0.25, 0.3) is 0 Å². The summed E-state index contributed by atoms with van der Waals surface area (Å²) in [4.78, 5) is 4.12. The van der Waals surface area contributed by atoms with Crippen LogP contribution in [0.3, 0.4) is 0 Å². The van der Waals surface area contributed by atoms with Crippen LogP contribution in [0.25, 0.3) is 0 Å². The number of hydrogen-bond acceptors (Lipinski definition) is 6. The fraction of sp³-hybridized carbons (Fsp3) is 0.250. The Kier molecular flexibility index (Phi) is 4.72. The second kappa shape index (κ2) is 6.71. The zero-order valence-electron chi connectivity index (χ0n) is 10.7. The number of nitrogens with one attached hydrogen (secondary N) is 2. The minimum absolute atomic E-state index is 0.314. The average Bonchev–Trinajstić information content (AvgIpc) is 2.44. The Balaban J connectivity index is 2.05. The number of benzene rings is 1. The second-order valence-corrected chi connectivity index (χ2v) is 3.84. The average molecular weight is 281 g/mol. The van der Waals surface area contributed by atoms with E-state index >= 15 is 0 Å². The van der Waals surface area contributed by atoms with Gasteiger partial charge < -0.3 is 15.4 Å². The van der Waals surface area contributed by atoms with E-state index in [2.05, 4.69) is 25.8 Å². The maximum absolute atomic E-state index is 13.1. The van der Waals surface area contributed by atoms with Gasteiger partial charge in [-0.3, -0.25) is 0 Å². The van der Waals surface area contributed by atoms with Crippen LogP contribution in [0.2, 0.25) is 0 Å². The van der Waals surface area contributed by atoms with E-state index in [1.807, 2.05) is 0 Å². The van der Waals surface area contributed by atoms with Gasteiger partial charge in [-0.2, -0.15) is 10.1 Å². The zero-order valence-corrected chi connectivity index (χ0v) is 10.7. The van der Waals surface area contributed by atoms with Gasteiger partial charge in [0.05, 0.1) is 12.8 Å². The molecule has 0 spiro atoms. The van der Waals surface area contributed by atoms with E-state index in [1.54, 1.807) is 7.11 Å². The molecule has 0 aliphatic heterocycles. The van der Waals surface area contributed by atoms with Gasteiger partial charge in [-0.05, 0) is 12.1 Å². The van der Waals surface area contributed by atoms with Crippen LogP contribution in [0, 0.1) is 11.6 Å². The molecule has 1 aromatic carbocycles. The summed E-state index contributed by atoms with van der Waals surface area (Å²) in [7, 11) is 1.59. The molecule has 2 rings (SSSR count). The van der Waals surface area contributed by atoms with Crippen molar-refractivity contribution in [2.45, 2.75) is 0 Å². The lowest BCUT2D eigenvalue weighted by molar-refractivity contribution is 0.210. The molecule has 0 radical (unpaired) electrons. The van der Waals surface area contributed by atoms with Crippen molar-refractivity contribution < 1.29 is 13.5 Å². The molecule has 0 aliphatic rings. The highest BCUT2D eigenvalue weighted by molar-refractivity contribution is 5.56. The standard InChI is InChI=1S/C12H13F2N5O/c1-20-5-4-15-12-18-11(7-16-19-12)17-8-2-3-9(13)10(14)6-8/h2-3,6-7H,4-5H2,1H3,(H2,15,17,18,19). The van der Waals surface area contributed by atoms with Gasteiger partial charge in [-0.1, -0.05) is 0 Å². The fourth-order valence-corrected chi connectivity index (χ4v) is 1.43. The first kappa shape index (κ1) is 14.1. The molecule has 0 atom stereocenters. The lowest BCUT2D eigenvalue weighted by atomic mass is 10.3. The van der Waals surface area contributed by atoms with E-state index in [4.69, 9.17) is 4.74 Å². The minimum Gasteiger partial charge on any atom is -0.383 e. The van der Waals surface area contributed by atoms with Crippen LogP contribution in [0.4, 0.5) is 26.2 Å². The first-order chi connectivity index (χ1) is 9.69. The third kappa shape index (κ3) is 3.82. The number of halogens is 2. The number of methoxy groups -OCH3 is 1. The first-order valence-corrected chi connectivity index (χ1v) is 5.83. The summed E-state index contributed by atoms with van der Waals surface area (Å²) >= 11 is 0. The number of aromatic nitrogens is 3. The second-order valence-electron chi connectivity index (χ2n) is 3.84. The normalized spacial score (nSPS) is 10.3. The SMILES string of the molecule is COCCNc1nncc(Nc2ccc(F)c(F)c2)n1. The highest BCUT2D eigenvalue weighted by Gasteiger charge is 2.04. The Morgan fingerprint density at radius 1 is 1.25 bits per heavy atom. The molecule has 0 amide bonds. The fourth-order valence-electron chi connectivity index (χ4n) is 1.43. The van der Waals surface area contributed by atoms with E-state index in [0.29, 0.717) is 30.6 Å². The molecule has 1 aromatic heterocycles. The lowest BCUT2D eigenvalue weighted by Gasteiger charge is -2.07. The van der Waals surface area contributed by atoms with Crippen molar-refractivity contribution in [3.8, 4) is 0 Å². The van der Waals surface area contributed by atoms with Crippen LogP contribution in [0.5, 0.6) is 0 Å². The van der Waals surface area contributed by atoms with Gasteiger partial charge >= 0.3 is 0 Å². The largest absolute Gasteiger partial charge is 0.383 e. The van der Waals surface area contributed by atoms with E-state index in [0.717, 1.165) is 12.1 Å². The summed E-state index contributed by atoms with van der Waals surface area (Å²) in [5.41, 5.74) is 0.368. The highest BCUT2D eigenvalue weighted by atomic mass is 19.2. The summed E-state index contributed by atoms with van der Waals surface area (Å²) in [6, 6.07) is 3.47. The molecule has 106 valence electrons. The van der Waals surface area contributed by atoms with Crippen molar-refractivity contribution in [2.75, 3.05) is 30.9 Å². The van der Waals surface area contributed by atoms with Gasteiger partial charge in [0, 0.05) is 25.4 Å². The number of ether oxygens (including phenoxy) is 1. The van der Waals surface area contributed by atoms with Crippen molar-refractivity contribution in [2.24, 2.45) is 0 Å². The smallest absolute Gasteiger partial charge is 0.244 e. The van der Waals surface area contributed by atoms with Crippen LogP contribution in [-0.4, -0.2) is 35.4 Å². The Morgan fingerprint density at radius 3 is 2.85 bits per heavy atom. The van der Waals surface area contributed by atoms with Crippen molar-refractivity contribution in [3.63, 3.8) is 0 Å². The summed E-state index contributed by atoms with van der Waals surface area (Å²) in [5, 5.41) is 13.3. The Morgan fingerprint density at radius 2 is 2.10 bits per heavy atom. The molecule has 0 aliphatic carbocycles. The third-order valence-corrected chi connectivity index (χ3v) is 2.34. The van der Waals surface area contributed by atoms with Gasteiger partial charge in [0.15, 0.2) is 17.5 Å². The van der Waals surface area contributed by atoms with Gasteiger partial charge in [0.2, 0.25) is 5.95 Å². The molecule has 2 aromatic rings. The maximum Gasteiger partial charge on any atom is 0.244 e. The van der Waals surface area contributed by atoms with E-state index in [1.165, 1.54) is 12.3 Å². The van der Waals surface area contributed by atoms with Crippen molar-refractivity contribution in [1.82, 2.24) is 15.2 Å². The van der Waals surface area contributed by atoms with Gasteiger partial charge in [-0.15, -0.1) is 5.10 Å². The Labute approximate surface area is 114 Å². The van der Waals surface area contributed by atoms with Crippen molar-refractivity contribution in [3.05, 3.63) is 36.0 Å². The lowest BCUT2D eigenvalue weighted by Crippen LogP contribution is -2.11. The minimum atomic E-state index is -0.935. The molecule has 8 heteroatoms. The topological polar surface area (TPSA) is 72.0 Å². The van der Waals surface area contributed by atoms with Crippen LogP contribution in [0.1, 0.15) is 0 Å². The summed E-state index contributed by atoms with van der Waals surface area (Å²) < 4.78 is 30.8. The zero-order chi connectivity index (χ0) is 14.4. The number of rotatable bonds is 6. The van der Waals surface area contributed by atoms with Crippen LogP contribution in [-0.2, 0) is 4.74 Å². The molecule has 0 unspecified atom stereocenters. The van der Waals surface area contributed by atoms with Crippen molar-refractivity contribution in [1.29, 1.82) is 0 Å². The monoisotopic (exact) mass is 281 g/mol. The number of anilines is 3. The summed E-state index contributed by atoms with van der Waals surface area (Å²) in [6.07, 6.45) is 1.38. The molecule has 1 heterocycles. The molecule has 0 saturated heterocycles. The molecular weight excluding hydrogens is 268 g/mol. The Hall–Kier alpha value is -2.35. The molecule has 20 heavy (non-hydrogen) atoms. The predicted molar refractivity (Wildman–Crippen MR) is 69.8 cm³/mol. The molecule has 0 fully saturated rings. The molecule has 6 nitrogen and oxygen atoms in total. The predicted octanol–water partition coefficient (Wildman–Crippen LogP) is 1.95. The molecule has 0 bridgehead atoms. The third-order valence-electron chi connectivity index (χ3n) is 2.34. The summed E-state index contributed by atoms with van der Waals surface area (Å²) in [5.74, 6) is -1.16.